The number of piperazine rings is 1. The molecule has 0 saturated carbocycles. The predicted octanol–water partition coefficient (Wildman–Crippen LogP) is 0.487. The van der Waals surface area contributed by atoms with Crippen molar-refractivity contribution in [3.05, 3.63) is 0 Å². The van der Waals surface area contributed by atoms with Crippen LogP contribution in [0.4, 0.5) is 0 Å². The molecule has 2 aliphatic rings. The van der Waals surface area contributed by atoms with Crippen molar-refractivity contribution in [2.75, 3.05) is 32.7 Å². The van der Waals surface area contributed by atoms with E-state index in [0.29, 0.717) is 12.6 Å². The van der Waals surface area contributed by atoms with Gasteiger partial charge in [0.2, 0.25) is 11.8 Å². The first-order chi connectivity index (χ1) is 8.58. The number of carbonyl (C=O) groups excluding carboxylic acids is 2. The Morgan fingerprint density at radius 3 is 2.53 bits per heavy atom. The molecular weight excluding hydrogens is 266 g/mol. The summed E-state index contributed by atoms with van der Waals surface area (Å²) < 4.78 is 0. The molecule has 0 spiro atoms. The van der Waals surface area contributed by atoms with Crippen molar-refractivity contribution < 1.29 is 9.59 Å². The molecular formula is C13H24ClN3O2. The highest BCUT2D eigenvalue weighted by molar-refractivity contribution is 5.85. The molecule has 5 nitrogen and oxygen atoms in total. The average Bonchev–Trinajstić information content (AvgIpc) is 2.38. The van der Waals surface area contributed by atoms with Crippen molar-refractivity contribution >= 4 is 24.2 Å². The SMILES string of the molecule is CC(=O)N1CCCC(C(=O)N2CCNC(C)C2)C1.Cl. The first-order valence-electron chi connectivity index (χ1n) is 6.85. The van der Waals surface area contributed by atoms with Crippen LogP contribution in [-0.2, 0) is 9.59 Å². The molecule has 0 aromatic rings. The molecule has 2 fully saturated rings. The van der Waals surface area contributed by atoms with Gasteiger partial charge in [-0.05, 0) is 19.8 Å². The largest absolute Gasteiger partial charge is 0.342 e. The monoisotopic (exact) mass is 289 g/mol. The van der Waals surface area contributed by atoms with E-state index in [1.807, 2.05) is 4.90 Å². The molecule has 1 N–H and O–H groups in total. The second-order valence-corrected chi connectivity index (χ2v) is 5.44. The standard InChI is InChI=1S/C13H23N3O2.ClH/c1-10-8-16(7-5-14-10)13(18)12-4-3-6-15(9-12)11(2)17;/h10,12,14H,3-9H2,1-2H3;1H. The summed E-state index contributed by atoms with van der Waals surface area (Å²) in [7, 11) is 0. The molecule has 6 heteroatoms. The minimum atomic E-state index is 0. The van der Waals surface area contributed by atoms with Crippen molar-refractivity contribution in [3.8, 4) is 0 Å². The van der Waals surface area contributed by atoms with E-state index in [9.17, 15) is 9.59 Å². The molecule has 0 bridgehead atoms. The number of nitrogens with zero attached hydrogens (tertiary/aromatic N) is 2. The molecule has 0 aromatic heterocycles. The summed E-state index contributed by atoms with van der Waals surface area (Å²) in [5.74, 6) is 0.323. The van der Waals surface area contributed by atoms with Gasteiger partial charge in [-0.15, -0.1) is 12.4 Å². The molecule has 2 aliphatic heterocycles. The van der Waals surface area contributed by atoms with E-state index in [1.54, 1.807) is 11.8 Å². The molecule has 110 valence electrons. The van der Waals surface area contributed by atoms with E-state index in [1.165, 1.54) is 0 Å². The predicted molar refractivity (Wildman–Crippen MR) is 76.3 cm³/mol. The van der Waals surface area contributed by atoms with E-state index in [-0.39, 0.29) is 30.1 Å². The van der Waals surface area contributed by atoms with Crippen molar-refractivity contribution in [2.24, 2.45) is 5.92 Å². The van der Waals surface area contributed by atoms with Crippen LogP contribution in [0.5, 0.6) is 0 Å². The Morgan fingerprint density at radius 1 is 1.16 bits per heavy atom. The van der Waals surface area contributed by atoms with E-state index >= 15 is 0 Å². The fraction of sp³-hybridized carbons (Fsp3) is 0.846. The lowest BCUT2D eigenvalue weighted by atomic mass is 9.96. The van der Waals surface area contributed by atoms with Gasteiger partial charge in [0.05, 0.1) is 5.92 Å². The van der Waals surface area contributed by atoms with Crippen LogP contribution in [0.15, 0.2) is 0 Å². The molecule has 2 amide bonds. The number of hydrogen-bond donors (Lipinski definition) is 1. The molecule has 2 saturated heterocycles. The lowest BCUT2D eigenvalue weighted by Gasteiger charge is -2.37. The summed E-state index contributed by atoms with van der Waals surface area (Å²) in [4.78, 5) is 27.6. The third kappa shape index (κ3) is 4.08. The molecule has 2 heterocycles. The number of carbonyl (C=O) groups is 2. The van der Waals surface area contributed by atoms with Crippen molar-refractivity contribution in [1.29, 1.82) is 0 Å². The van der Waals surface area contributed by atoms with E-state index < -0.39 is 0 Å². The van der Waals surface area contributed by atoms with Gasteiger partial charge in [-0.25, -0.2) is 0 Å². The Bertz CT molecular complexity index is 338. The summed E-state index contributed by atoms with van der Waals surface area (Å²) >= 11 is 0. The van der Waals surface area contributed by atoms with Gasteiger partial charge >= 0.3 is 0 Å². The lowest BCUT2D eigenvalue weighted by molar-refractivity contribution is -0.141. The van der Waals surface area contributed by atoms with Crippen LogP contribution in [0.2, 0.25) is 0 Å². The van der Waals surface area contributed by atoms with Crippen LogP contribution < -0.4 is 5.32 Å². The van der Waals surface area contributed by atoms with Crippen LogP contribution in [0, 0.1) is 5.92 Å². The topological polar surface area (TPSA) is 52.7 Å². The van der Waals surface area contributed by atoms with Crippen LogP contribution in [0.1, 0.15) is 26.7 Å². The summed E-state index contributed by atoms with van der Waals surface area (Å²) in [5, 5.41) is 3.34. The average molecular weight is 290 g/mol. The molecule has 2 unspecified atom stereocenters. The first kappa shape index (κ1) is 16.2. The molecule has 0 aromatic carbocycles. The molecule has 19 heavy (non-hydrogen) atoms. The second-order valence-electron chi connectivity index (χ2n) is 5.44. The zero-order chi connectivity index (χ0) is 13.1. The highest BCUT2D eigenvalue weighted by Gasteiger charge is 2.31. The van der Waals surface area contributed by atoms with E-state index in [0.717, 1.165) is 39.0 Å². The number of piperidine rings is 1. The molecule has 2 atom stereocenters. The Balaban J connectivity index is 0.00000180. The fourth-order valence-electron chi connectivity index (χ4n) is 2.86. The zero-order valence-corrected chi connectivity index (χ0v) is 12.5. The fourth-order valence-corrected chi connectivity index (χ4v) is 2.86. The molecule has 0 aliphatic carbocycles. The highest BCUT2D eigenvalue weighted by atomic mass is 35.5. The van der Waals surface area contributed by atoms with E-state index in [2.05, 4.69) is 12.2 Å². The Hall–Kier alpha value is -0.810. The van der Waals surface area contributed by atoms with Gasteiger partial charge in [-0.2, -0.15) is 0 Å². The minimum absolute atomic E-state index is 0. The number of nitrogens with one attached hydrogen (secondary N) is 1. The van der Waals surface area contributed by atoms with Gasteiger partial charge in [0.25, 0.3) is 0 Å². The third-order valence-corrected chi connectivity index (χ3v) is 3.90. The van der Waals surface area contributed by atoms with Crippen LogP contribution in [0.25, 0.3) is 0 Å². The van der Waals surface area contributed by atoms with Crippen LogP contribution >= 0.6 is 12.4 Å². The van der Waals surface area contributed by atoms with Crippen LogP contribution in [0.3, 0.4) is 0 Å². The van der Waals surface area contributed by atoms with Gasteiger partial charge in [0.15, 0.2) is 0 Å². The van der Waals surface area contributed by atoms with Gasteiger partial charge in [0.1, 0.15) is 0 Å². The van der Waals surface area contributed by atoms with Crippen molar-refractivity contribution in [3.63, 3.8) is 0 Å². The smallest absolute Gasteiger partial charge is 0.227 e. The maximum atomic E-state index is 12.4. The summed E-state index contributed by atoms with van der Waals surface area (Å²) in [6.45, 7) is 7.54. The normalized spacial score (nSPS) is 27.7. The van der Waals surface area contributed by atoms with E-state index in [4.69, 9.17) is 0 Å². The molecule has 0 radical (unpaired) electrons. The molecule has 2 rings (SSSR count). The zero-order valence-electron chi connectivity index (χ0n) is 11.7. The van der Waals surface area contributed by atoms with Crippen molar-refractivity contribution in [2.45, 2.75) is 32.7 Å². The maximum absolute atomic E-state index is 12.4. The summed E-state index contributed by atoms with van der Waals surface area (Å²) in [6.07, 6.45) is 1.86. The Labute approximate surface area is 121 Å². The third-order valence-electron chi connectivity index (χ3n) is 3.90. The van der Waals surface area contributed by atoms with Gasteiger partial charge in [-0.3, -0.25) is 9.59 Å². The highest BCUT2D eigenvalue weighted by Crippen LogP contribution is 2.19. The second kappa shape index (κ2) is 7.10. The summed E-state index contributed by atoms with van der Waals surface area (Å²) in [6, 6.07) is 0.371. The Morgan fingerprint density at radius 2 is 1.89 bits per heavy atom. The van der Waals surface area contributed by atoms with Crippen molar-refractivity contribution in [1.82, 2.24) is 15.1 Å². The quantitative estimate of drug-likeness (QED) is 0.764. The van der Waals surface area contributed by atoms with Gasteiger partial charge in [-0.1, -0.05) is 0 Å². The minimum Gasteiger partial charge on any atom is -0.342 e. The van der Waals surface area contributed by atoms with Gasteiger partial charge in [0, 0.05) is 45.7 Å². The number of hydrogen-bond acceptors (Lipinski definition) is 3. The number of amides is 2. The first-order valence-corrected chi connectivity index (χ1v) is 6.85. The Kier molecular flexibility index (Phi) is 6.07. The maximum Gasteiger partial charge on any atom is 0.227 e. The number of halogens is 1. The number of likely N-dealkylation sites (tertiary alicyclic amines) is 1. The number of rotatable bonds is 1. The lowest BCUT2D eigenvalue weighted by Crippen LogP contribution is -2.54. The summed E-state index contributed by atoms with van der Waals surface area (Å²) in [5.41, 5.74) is 0. The van der Waals surface area contributed by atoms with Crippen LogP contribution in [-0.4, -0.2) is 60.4 Å². The van der Waals surface area contributed by atoms with Gasteiger partial charge < -0.3 is 15.1 Å².